The van der Waals surface area contributed by atoms with Gasteiger partial charge in [-0.25, -0.2) is 4.99 Å². The smallest absolute Gasteiger partial charge is 0.244 e. The van der Waals surface area contributed by atoms with Gasteiger partial charge in [0.05, 0.1) is 0 Å². The third kappa shape index (κ3) is 10.3. The average molecular weight is 502 g/mol. The number of nitrogens with one attached hydrogen (secondary N) is 2. The summed E-state index contributed by atoms with van der Waals surface area (Å²) in [5, 5.41) is 6.47. The number of hydrogen-bond acceptors (Lipinski definition) is 3. The molecule has 1 aliphatic rings. The molecule has 6 nitrogen and oxygen atoms in total. The maximum absolute atomic E-state index is 12.5. The van der Waals surface area contributed by atoms with E-state index in [1.54, 1.807) is 0 Å². The summed E-state index contributed by atoms with van der Waals surface area (Å²) in [5.41, 5.74) is 1.13. The number of guanidine groups is 1. The second-order valence-corrected chi connectivity index (χ2v) is 6.89. The molecule has 0 atom stereocenters. The van der Waals surface area contributed by atoms with Crippen LogP contribution in [0.5, 0.6) is 0 Å². The molecule has 0 radical (unpaired) electrons. The van der Waals surface area contributed by atoms with Crippen molar-refractivity contribution in [3.05, 3.63) is 35.9 Å². The Bertz CT molecular complexity index is 579. The first-order valence-electron chi connectivity index (χ1n) is 10.1. The van der Waals surface area contributed by atoms with Crippen LogP contribution in [-0.2, 0) is 16.1 Å². The fourth-order valence-electron chi connectivity index (χ4n) is 2.68. The van der Waals surface area contributed by atoms with Gasteiger partial charge in [-0.1, -0.05) is 30.3 Å². The second-order valence-electron chi connectivity index (χ2n) is 6.89. The van der Waals surface area contributed by atoms with Crippen molar-refractivity contribution in [3.63, 3.8) is 0 Å². The highest BCUT2D eigenvalue weighted by Crippen LogP contribution is 2.28. The first kappa shape index (κ1) is 24.7. The molecule has 1 amide bonds. The molecule has 2 rings (SSSR count). The van der Waals surface area contributed by atoms with Crippen LogP contribution in [0, 0.1) is 5.92 Å². The first-order chi connectivity index (χ1) is 13.2. The minimum absolute atomic E-state index is 0. The van der Waals surface area contributed by atoms with Gasteiger partial charge in [-0.05, 0) is 44.6 Å². The average Bonchev–Trinajstić information content (AvgIpc) is 3.51. The van der Waals surface area contributed by atoms with Gasteiger partial charge in [-0.2, -0.15) is 0 Å². The number of likely N-dealkylation sites (N-methyl/N-ethyl adjacent to an activating group) is 1. The molecule has 28 heavy (non-hydrogen) atoms. The van der Waals surface area contributed by atoms with Gasteiger partial charge < -0.3 is 20.3 Å². The van der Waals surface area contributed by atoms with Gasteiger partial charge in [0.2, 0.25) is 5.91 Å². The zero-order valence-electron chi connectivity index (χ0n) is 17.2. The number of ether oxygens (including phenoxy) is 1. The molecule has 1 aromatic carbocycles. The largest absolute Gasteiger partial charge is 0.381 e. The normalized spacial score (nSPS) is 13.6. The van der Waals surface area contributed by atoms with E-state index in [1.165, 1.54) is 12.8 Å². The van der Waals surface area contributed by atoms with Crippen LogP contribution >= 0.6 is 24.0 Å². The zero-order chi connectivity index (χ0) is 19.3. The molecule has 1 saturated carbocycles. The zero-order valence-corrected chi connectivity index (χ0v) is 19.5. The third-order valence-corrected chi connectivity index (χ3v) is 4.48. The number of aliphatic imine (C=N–C) groups is 1. The number of rotatable bonds is 12. The van der Waals surface area contributed by atoms with E-state index in [9.17, 15) is 4.79 Å². The standard InChI is InChI=1S/C21H34N4O2.HI/c1-3-22-21(23-13-8-14-27-17-19-11-12-19)24-15-20(26)25(4-2)16-18-9-6-5-7-10-18;/h5-7,9-10,19H,3-4,8,11-17H2,1-2H3,(H2,22,23,24);1H. The van der Waals surface area contributed by atoms with E-state index < -0.39 is 0 Å². The molecule has 0 aromatic heterocycles. The monoisotopic (exact) mass is 502 g/mol. The lowest BCUT2D eigenvalue weighted by atomic mass is 10.2. The Kier molecular flexibility index (Phi) is 12.9. The molecule has 0 spiro atoms. The highest BCUT2D eigenvalue weighted by Gasteiger charge is 2.20. The van der Waals surface area contributed by atoms with Gasteiger partial charge in [0, 0.05) is 39.4 Å². The number of benzene rings is 1. The van der Waals surface area contributed by atoms with Gasteiger partial charge in [-0.3, -0.25) is 4.79 Å². The van der Waals surface area contributed by atoms with Gasteiger partial charge in [-0.15, -0.1) is 24.0 Å². The summed E-state index contributed by atoms with van der Waals surface area (Å²) in [6, 6.07) is 10.0. The quantitative estimate of drug-likeness (QED) is 0.200. The lowest BCUT2D eigenvalue weighted by Crippen LogP contribution is -2.39. The van der Waals surface area contributed by atoms with Crippen LogP contribution in [0.2, 0.25) is 0 Å². The van der Waals surface area contributed by atoms with Crippen LogP contribution in [0.4, 0.5) is 0 Å². The Morgan fingerprint density at radius 1 is 1.21 bits per heavy atom. The lowest BCUT2D eigenvalue weighted by molar-refractivity contribution is -0.130. The van der Waals surface area contributed by atoms with E-state index in [2.05, 4.69) is 15.6 Å². The minimum atomic E-state index is 0. The van der Waals surface area contributed by atoms with Crippen LogP contribution < -0.4 is 10.6 Å². The lowest BCUT2D eigenvalue weighted by Gasteiger charge is -2.20. The third-order valence-electron chi connectivity index (χ3n) is 4.48. The van der Waals surface area contributed by atoms with Crippen molar-refractivity contribution in [2.24, 2.45) is 10.9 Å². The van der Waals surface area contributed by atoms with Crippen molar-refractivity contribution >= 4 is 35.8 Å². The molecule has 2 N–H and O–H groups in total. The predicted octanol–water partition coefficient (Wildman–Crippen LogP) is 3.02. The first-order valence-corrected chi connectivity index (χ1v) is 10.1. The summed E-state index contributed by atoms with van der Waals surface area (Å²) in [7, 11) is 0. The van der Waals surface area contributed by atoms with Crippen molar-refractivity contribution < 1.29 is 9.53 Å². The van der Waals surface area contributed by atoms with E-state index in [0.717, 1.165) is 44.2 Å². The minimum Gasteiger partial charge on any atom is -0.381 e. The summed E-state index contributed by atoms with van der Waals surface area (Å²) in [5.74, 6) is 1.52. The number of halogens is 1. The van der Waals surface area contributed by atoms with Crippen LogP contribution in [0.25, 0.3) is 0 Å². The van der Waals surface area contributed by atoms with Crippen molar-refractivity contribution in [1.29, 1.82) is 0 Å². The van der Waals surface area contributed by atoms with Crippen LogP contribution in [0.3, 0.4) is 0 Å². The molecule has 158 valence electrons. The molecule has 0 aliphatic heterocycles. The van der Waals surface area contributed by atoms with Gasteiger partial charge in [0.1, 0.15) is 6.54 Å². The fraction of sp³-hybridized carbons (Fsp3) is 0.619. The maximum Gasteiger partial charge on any atom is 0.244 e. The van der Waals surface area contributed by atoms with E-state index >= 15 is 0 Å². The highest BCUT2D eigenvalue weighted by atomic mass is 127. The Balaban J connectivity index is 0.00000392. The maximum atomic E-state index is 12.5. The molecule has 0 saturated heterocycles. The number of amides is 1. The molecule has 0 heterocycles. The molecule has 0 unspecified atom stereocenters. The van der Waals surface area contributed by atoms with Crippen molar-refractivity contribution in [1.82, 2.24) is 15.5 Å². The summed E-state index contributed by atoms with van der Waals surface area (Å²) >= 11 is 0. The van der Waals surface area contributed by atoms with Crippen LogP contribution in [0.15, 0.2) is 35.3 Å². The fourth-order valence-corrected chi connectivity index (χ4v) is 2.68. The predicted molar refractivity (Wildman–Crippen MR) is 125 cm³/mol. The number of nitrogens with zero attached hydrogens (tertiary/aromatic N) is 2. The molecule has 1 aliphatic carbocycles. The van der Waals surface area contributed by atoms with E-state index in [4.69, 9.17) is 4.74 Å². The molecule has 1 aromatic rings. The van der Waals surface area contributed by atoms with Gasteiger partial charge in [0.15, 0.2) is 5.96 Å². The SMILES string of the molecule is CCNC(=NCC(=O)N(CC)Cc1ccccc1)NCCCOCC1CC1.I. The van der Waals surface area contributed by atoms with E-state index in [0.29, 0.717) is 19.0 Å². The molecule has 7 heteroatoms. The van der Waals surface area contributed by atoms with Gasteiger partial charge >= 0.3 is 0 Å². The van der Waals surface area contributed by atoms with Crippen LogP contribution in [-0.4, -0.2) is 56.2 Å². The van der Waals surface area contributed by atoms with Gasteiger partial charge in [0.25, 0.3) is 0 Å². The summed E-state index contributed by atoms with van der Waals surface area (Å²) in [6.45, 7) is 8.67. The molecule has 1 fully saturated rings. The Morgan fingerprint density at radius 3 is 2.61 bits per heavy atom. The second kappa shape index (κ2) is 14.6. The molecular formula is C21H35IN4O2. The Hall–Kier alpha value is -1.35. The van der Waals surface area contributed by atoms with Crippen molar-refractivity contribution in [2.75, 3.05) is 39.4 Å². The molecular weight excluding hydrogens is 467 g/mol. The highest BCUT2D eigenvalue weighted by molar-refractivity contribution is 14.0. The van der Waals surface area contributed by atoms with Crippen molar-refractivity contribution in [2.45, 2.75) is 39.7 Å². The number of carbonyl (C=O) groups is 1. The Labute approximate surface area is 186 Å². The summed E-state index contributed by atoms with van der Waals surface area (Å²) in [6.07, 6.45) is 3.57. The molecule has 0 bridgehead atoms. The Morgan fingerprint density at radius 2 is 1.96 bits per heavy atom. The van der Waals surface area contributed by atoms with E-state index in [1.807, 2.05) is 49.1 Å². The summed E-state index contributed by atoms with van der Waals surface area (Å²) in [4.78, 5) is 18.8. The number of hydrogen-bond donors (Lipinski definition) is 2. The van der Waals surface area contributed by atoms with E-state index in [-0.39, 0.29) is 36.4 Å². The number of carbonyl (C=O) groups excluding carboxylic acids is 1. The summed E-state index contributed by atoms with van der Waals surface area (Å²) < 4.78 is 5.64. The van der Waals surface area contributed by atoms with Crippen LogP contribution in [0.1, 0.15) is 38.7 Å². The van der Waals surface area contributed by atoms with Crippen molar-refractivity contribution in [3.8, 4) is 0 Å². The topological polar surface area (TPSA) is 66.0 Å².